The predicted octanol–water partition coefficient (Wildman–Crippen LogP) is 7.04. The van der Waals surface area contributed by atoms with Gasteiger partial charge in [-0.3, -0.25) is 4.79 Å². The second kappa shape index (κ2) is 10.4. The lowest BCUT2D eigenvalue weighted by Gasteiger charge is -2.24. The highest BCUT2D eigenvalue weighted by atomic mass is 35.5. The van der Waals surface area contributed by atoms with Gasteiger partial charge in [0.2, 0.25) is 0 Å². The van der Waals surface area contributed by atoms with Crippen LogP contribution in [0.25, 0.3) is 0 Å². The lowest BCUT2D eigenvalue weighted by molar-refractivity contribution is -0.137. The number of hydrogen-bond acceptors (Lipinski definition) is 4. The average Bonchev–Trinajstić information content (AvgIpc) is 3.25. The first kappa shape index (κ1) is 26.0. The van der Waals surface area contributed by atoms with E-state index in [2.05, 4.69) is 37.1 Å². The van der Waals surface area contributed by atoms with Crippen molar-refractivity contribution in [2.75, 3.05) is 18.9 Å². The Morgan fingerprint density at radius 2 is 1.79 bits per heavy atom. The van der Waals surface area contributed by atoms with E-state index in [-0.39, 0.29) is 11.3 Å². The number of carbonyl (C=O) groups excluding carboxylic acids is 1. The van der Waals surface area contributed by atoms with Crippen molar-refractivity contribution in [3.63, 3.8) is 0 Å². The van der Waals surface area contributed by atoms with Crippen molar-refractivity contribution in [3.8, 4) is 0 Å². The van der Waals surface area contributed by atoms with Gasteiger partial charge in [0.25, 0.3) is 5.91 Å². The van der Waals surface area contributed by atoms with Gasteiger partial charge in [-0.1, -0.05) is 44.5 Å². The lowest BCUT2D eigenvalue weighted by atomic mass is 9.95. The van der Waals surface area contributed by atoms with Crippen molar-refractivity contribution in [2.45, 2.75) is 45.3 Å². The fourth-order valence-corrected chi connectivity index (χ4v) is 4.64. The predicted molar refractivity (Wildman–Crippen MR) is 132 cm³/mol. The van der Waals surface area contributed by atoms with E-state index >= 15 is 0 Å². The molecule has 2 aromatic heterocycles. The largest absolute Gasteiger partial charge is 0.416 e. The zero-order valence-corrected chi connectivity index (χ0v) is 21.0. The maximum absolute atomic E-state index is 13.5. The number of thiophene rings is 1. The minimum Gasteiger partial charge on any atom is -0.372 e. The van der Waals surface area contributed by atoms with E-state index in [4.69, 9.17) is 11.6 Å². The number of nitrogens with zero attached hydrogens (tertiary/aromatic N) is 2. The number of rotatable bonds is 7. The Kier molecular flexibility index (Phi) is 7.93. The molecular formula is C25H27ClF3N3OS. The van der Waals surface area contributed by atoms with E-state index in [0.29, 0.717) is 41.5 Å². The molecule has 1 N–H and O–H groups in total. The van der Waals surface area contributed by atoms with E-state index in [9.17, 15) is 18.0 Å². The minimum absolute atomic E-state index is 0.00579. The zero-order valence-electron chi connectivity index (χ0n) is 19.5. The van der Waals surface area contributed by atoms with Gasteiger partial charge in [0.1, 0.15) is 5.82 Å². The summed E-state index contributed by atoms with van der Waals surface area (Å²) in [6, 6.07) is 10.7. The molecule has 0 saturated heterocycles. The number of nitrogens with one attached hydrogen (secondary N) is 1. The first-order valence-electron chi connectivity index (χ1n) is 10.8. The summed E-state index contributed by atoms with van der Waals surface area (Å²) in [5.74, 6) is 0.160. The summed E-state index contributed by atoms with van der Waals surface area (Å²) in [5.41, 5.74) is 0.357. The number of alkyl halides is 3. The van der Waals surface area contributed by atoms with Crippen LogP contribution < -0.4 is 5.32 Å². The van der Waals surface area contributed by atoms with Crippen molar-refractivity contribution in [1.82, 2.24) is 9.88 Å². The molecule has 0 unspecified atom stereocenters. The van der Waals surface area contributed by atoms with E-state index < -0.39 is 11.7 Å². The van der Waals surface area contributed by atoms with Crippen LogP contribution in [0.2, 0.25) is 5.02 Å². The Bertz CT molecular complexity index is 1140. The molecule has 2 heterocycles. The SMILES string of the molecule is CNc1ncc(Cl)cc1C(=O)N(CCc1ccc(C(F)(F)F)cc1)Cc1ccc(C(C)(C)C)s1. The summed E-state index contributed by atoms with van der Waals surface area (Å²) in [7, 11) is 1.68. The molecule has 0 atom stereocenters. The molecular weight excluding hydrogens is 483 g/mol. The van der Waals surface area contributed by atoms with Crippen LogP contribution in [-0.4, -0.2) is 29.4 Å². The fourth-order valence-electron chi connectivity index (χ4n) is 3.40. The Hall–Kier alpha value is -2.58. The standard InChI is InChI=1S/C25H27ClF3N3OS/c1-24(2,3)21-10-9-19(34-21)15-32(23(33)20-13-18(26)14-31-22(20)30-4)12-11-16-5-7-17(8-6-16)25(27,28)29/h5-10,13-14H,11-12,15H2,1-4H3,(H,30,31). The molecule has 1 amide bonds. The lowest BCUT2D eigenvalue weighted by Crippen LogP contribution is -2.33. The van der Waals surface area contributed by atoms with Gasteiger partial charge in [0, 0.05) is 29.5 Å². The van der Waals surface area contributed by atoms with E-state index in [1.165, 1.54) is 23.2 Å². The summed E-state index contributed by atoms with van der Waals surface area (Å²) in [5, 5.41) is 3.26. The van der Waals surface area contributed by atoms with Crippen LogP contribution in [0.5, 0.6) is 0 Å². The normalized spacial score (nSPS) is 12.0. The Morgan fingerprint density at radius 1 is 1.12 bits per heavy atom. The Balaban J connectivity index is 1.86. The number of anilines is 1. The molecule has 9 heteroatoms. The molecule has 0 aliphatic rings. The van der Waals surface area contributed by atoms with Crippen molar-refractivity contribution in [3.05, 3.63) is 80.1 Å². The molecule has 0 aliphatic carbocycles. The Morgan fingerprint density at radius 3 is 2.35 bits per heavy atom. The summed E-state index contributed by atoms with van der Waals surface area (Å²) in [6.45, 7) is 7.09. The van der Waals surface area contributed by atoms with Crippen molar-refractivity contribution in [2.24, 2.45) is 0 Å². The van der Waals surface area contributed by atoms with Gasteiger partial charge in [0.15, 0.2) is 0 Å². The molecule has 182 valence electrons. The van der Waals surface area contributed by atoms with Gasteiger partial charge in [-0.25, -0.2) is 4.98 Å². The molecule has 0 fully saturated rings. The maximum Gasteiger partial charge on any atom is 0.416 e. The van der Waals surface area contributed by atoms with Gasteiger partial charge < -0.3 is 10.2 Å². The van der Waals surface area contributed by atoms with Crippen LogP contribution in [0.1, 0.15) is 52.0 Å². The topological polar surface area (TPSA) is 45.2 Å². The monoisotopic (exact) mass is 509 g/mol. The molecule has 0 radical (unpaired) electrons. The van der Waals surface area contributed by atoms with Crippen molar-refractivity contribution >= 4 is 34.7 Å². The molecule has 0 aliphatic heterocycles. The highest BCUT2D eigenvalue weighted by Crippen LogP contribution is 2.31. The number of halogens is 4. The maximum atomic E-state index is 13.5. The second-order valence-corrected chi connectivity index (χ2v) is 10.6. The van der Waals surface area contributed by atoms with Crippen molar-refractivity contribution in [1.29, 1.82) is 0 Å². The van der Waals surface area contributed by atoms with Gasteiger partial charge in [-0.15, -0.1) is 11.3 Å². The number of hydrogen-bond donors (Lipinski definition) is 1. The minimum atomic E-state index is -4.38. The highest BCUT2D eigenvalue weighted by molar-refractivity contribution is 7.12. The molecule has 0 spiro atoms. The molecule has 0 bridgehead atoms. The first-order valence-corrected chi connectivity index (χ1v) is 12.0. The first-order chi connectivity index (χ1) is 15.9. The van der Waals surface area contributed by atoms with E-state index in [1.807, 2.05) is 6.07 Å². The molecule has 0 saturated carbocycles. The fraction of sp³-hybridized carbons (Fsp3) is 0.360. The van der Waals surface area contributed by atoms with Gasteiger partial charge in [-0.05, 0) is 47.7 Å². The molecule has 3 rings (SSSR count). The molecule has 4 nitrogen and oxygen atoms in total. The van der Waals surface area contributed by atoms with Gasteiger partial charge in [-0.2, -0.15) is 13.2 Å². The second-order valence-electron chi connectivity index (χ2n) is 8.99. The summed E-state index contributed by atoms with van der Waals surface area (Å²) in [6.07, 6.45) is -2.51. The van der Waals surface area contributed by atoms with Gasteiger partial charge >= 0.3 is 6.18 Å². The summed E-state index contributed by atoms with van der Waals surface area (Å²) >= 11 is 7.75. The number of pyridine rings is 1. The van der Waals surface area contributed by atoms with Crippen molar-refractivity contribution < 1.29 is 18.0 Å². The van der Waals surface area contributed by atoms with Crippen LogP contribution >= 0.6 is 22.9 Å². The molecule has 34 heavy (non-hydrogen) atoms. The zero-order chi connectivity index (χ0) is 25.1. The Labute approximate surface area is 206 Å². The van der Waals surface area contributed by atoms with Crippen LogP contribution in [0.15, 0.2) is 48.7 Å². The summed E-state index contributed by atoms with van der Waals surface area (Å²) in [4.78, 5) is 21.6. The van der Waals surface area contributed by atoms with Crippen LogP contribution in [-0.2, 0) is 24.6 Å². The number of carbonyl (C=O) groups is 1. The van der Waals surface area contributed by atoms with Gasteiger partial charge in [0.05, 0.1) is 22.7 Å². The van der Waals surface area contributed by atoms with E-state index in [0.717, 1.165) is 17.0 Å². The average molecular weight is 510 g/mol. The quantitative estimate of drug-likeness (QED) is 0.371. The highest BCUT2D eigenvalue weighted by Gasteiger charge is 2.30. The number of aromatic nitrogens is 1. The number of amides is 1. The van der Waals surface area contributed by atoms with Crippen LogP contribution in [0.4, 0.5) is 19.0 Å². The third-order valence-corrected chi connectivity index (χ3v) is 7.01. The third kappa shape index (κ3) is 6.51. The molecule has 1 aromatic carbocycles. The van der Waals surface area contributed by atoms with Crippen LogP contribution in [0.3, 0.4) is 0 Å². The van der Waals surface area contributed by atoms with E-state index in [1.54, 1.807) is 29.4 Å². The summed E-state index contributed by atoms with van der Waals surface area (Å²) < 4.78 is 38.7. The molecule has 3 aromatic rings. The third-order valence-electron chi connectivity index (χ3n) is 5.31. The smallest absolute Gasteiger partial charge is 0.372 e. The van der Waals surface area contributed by atoms with Crippen LogP contribution in [0, 0.1) is 0 Å². The number of benzene rings is 1.